The Hall–Kier alpha value is -3.35. The zero-order valence-electron chi connectivity index (χ0n) is 25.4. The lowest BCUT2D eigenvalue weighted by atomic mass is 10.00. The molecule has 5 rings (SSSR count). The molecule has 2 atom stereocenters. The van der Waals surface area contributed by atoms with Crippen LogP contribution < -0.4 is 13.9 Å². The third-order valence-electron chi connectivity index (χ3n) is 8.36. The molecule has 1 N–H and O–H groups in total. The largest absolute Gasteiger partial charge is 0.543 e. The fourth-order valence-corrected chi connectivity index (χ4v) is 12.9. The number of aromatic hydroxyl groups is 1. The highest BCUT2D eigenvalue weighted by molar-refractivity contribution is 7.99. The van der Waals surface area contributed by atoms with Crippen molar-refractivity contribution < 1.29 is 19.0 Å². The van der Waals surface area contributed by atoms with Gasteiger partial charge in [0.25, 0.3) is 8.32 Å². The molecule has 1 aliphatic rings. The van der Waals surface area contributed by atoms with Gasteiger partial charge in [-0.25, -0.2) is 0 Å². The minimum absolute atomic E-state index is 0.0248. The maximum Gasteiger partial charge on any atom is 0.258 e. The average Bonchev–Trinajstić information content (AvgIpc) is 2.98. The SMILES string of the molecule is CC(C)[Si](Oc1cccc([C@@H]2Sc3cc(OCc4ccccc4)ccc3O[C@@H]2c2ccc(O)cc2)c1)(C(C)C)C(C)C. The molecule has 6 heteroatoms. The molecule has 0 radical (unpaired) electrons. The van der Waals surface area contributed by atoms with Crippen LogP contribution in [0.5, 0.6) is 23.0 Å². The highest BCUT2D eigenvalue weighted by atomic mass is 32.2. The first-order valence-corrected chi connectivity index (χ1v) is 17.9. The quantitative estimate of drug-likeness (QED) is 0.184. The summed E-state index contributed by atoms with van der Waals surface area (Å²) in [7, 11) is -2.11. The predicted molar refractivity (Wildman–Crippen MR) is 175 cm³/mol. The number of hydrogen-bond donors (Lipinski definition) is 1. The predicted octanol–water partition coefficient (Wildman–Crippen LogP) is 10.5. The lowest BCUT2D eigenvalue weighted by molar-refractivity contribution is 0.190. The van der Waals surface area contributed by atoms with Crippen molar-refractivity contribution in [3.63, 3.8) is 0 Å². The van der Waals surface area contributed by atoms with E-state index in [1.165, 1.54) is 0 Å². The highest BCUT2D eigenvalue weighted by Gasteiger charge is 2.47. The molecular formula is C36H42O4SSi. The van der Waals surface area contributed by atoms with Crippen molar-refractivity contribution in [2.75, 3.05) is 0 Å². The molecule has 0 amide bonds. The second-order valence-corrected chi connectivity index (χ2v) is 18.6. The van der Waals surface area contributed by atoms with E-state index < -0.39 is 8.32 Å². The number of benzene rings is 4. The monoisotopic (exact) mass is 598 g/mol. The van der Waals surface area contributed by atoms with Gasteiger partial charge in [0.05, 0.1) is 10.1 Å². The summed E-state index contributed by atoms with van der Waals surface area (Å²) in [6.45, 7) is 14.4. The van der Waals surface area contributed by atoms with Crippen molar-refractivity contribution in [3.8, 4) is 23.0 Å². The van der Waals surface area contributed by atoms with Crippen molar-refractivity contribution in [1.82, 2.24) is 0 Å². The molecular weight excluding hydrogens is 557 g/mol. The molecule has 0 aromatic heterocycles. The first kappa shape index (κ1) is 30.1. The Labute approximate surface area is 256 Å². The van der Waals surface area contributed by atoms with E-state index in [0.29, 0.717) is 23.2 Å². The summed E-state index contributed by atoms with van der Waals surface area (Å²) < 4.78 is 19.9. The molecule has 42 heavy (non-hydrogen) atoms. The fourth-order valence-electron chi connectivity index (χ4n) is 6.37. The number of ether oxygens (including phenoxy) is 2. The molecule has 220 valence electrons. The number of fused-ring (bicyclic) bond motifs is 1. The Kier molecular flexibility index (Phi) is 9.24. The number of hydrogen-bond acceptors (Lipinski definition) is 5. The van der Waals surface area contributed by atoms with Crippen LogP contribution in [0, 0.1) is 0 Å². The van der Waals surface area contributed by atoms with Gasteiger partial charge < -0.3 is 19.0 Å². The van der Waals surface area contributed by atoms with E-state index in [2.05, 4.69) is 84.0 Å². The van der Waals surface area contributed by atoms with Crippen LogP contribution in [-0.4, -0.2) is 13.4 Å². The lowest BCUT2D eigenvalue weighted by Gasteiger charge is -2.42. The number of rotatable bonds is 10. The van der Waals surface area contributed by atoms with Crippen molar-refractivity contribution in [2.24, 2.45) is 0 Å². The molecule has 0 aliphatic carbocycles. The molecule has 0 unspecified atom stereocenters. The van der Waals surface area contributed by atoms with E-state index in [1.54, 1.807) is 23.9 Å². The van der Waals surface area contributed by atoms with Crippen LogP contribution in [0.25, 0.3) is 0 Å². The van der Waals surface area contributed by atoms with Crippen LogP contribution in [0.4, 0.5) is 0 Å². The van der Waals surface area contributed by atoms with Crippen molar-refractivity contribution in [2.45, 2.75) is 81.0 Å². The zero-order valence-corrected chi connectivity index (χ0v) is 27.2. The smallest absolute Gasteiger partial charge is 0.258 e. The van der Waals surface area contributed by atoms with E-state index in [1.807, 2.05) is 42.5 Å². The molecule has 0 spiro atoms. The van der Waals surface area contributed by atoms with Gasteiger partial charge >= 0.3 is 0 Å². The minimum Gasteiger partial charge on any atom is -0.543 e. The van der Waals surface area contributed by atoms with Crippen molar-refractivity contribution >= 4 is 20.1 Å². The first-order chi connectivity index (χ1) is 20.2. The van der Waals surface area contributed by atoms with E-state index in [-0.39, 0.29) is 17.1 Å². The van der Waals surface area contributed by atoms with Crippen LogP contribution in [0.1, 0.15) is 69.6 Å². The average molecular weight is 599 g/mol. The topological polar surface area (TPSA) is 47.9 Å². The van der Waals surface area contributed by atoms with Gasteiger partial charge in [0.15, 0.2) is 0 Å². The number of phenolic OH excluding ortho intramolecular Hbond substituents is 1. The summed E-state index contributed by atoms with van der Waals surface area (Å²) in [5.41, 5.74) is 4.75. The van der Waals surface area contributed by atoms with Crippen LogP contribution in [0.2, 0.25) is 16.6 Å². The summed E-state index contributed by atoms with van der Waals surface area (Å²) >= 11 is 1.79. The van der Waals surface area contributed by atoms with E-state index in [4.69, 9.17) is 13.9 Å². The summed E-state index contributed by atoms with van der Waals surface area (Å²) in [6.07, 6.45) is -0.239. The molecule has 0 saturated heterocycles. The summed E-state index contributed by atoms with van der Waals surface area (Å²) in [5, 5.41) is 9.94. The van der Waals surface area contributed by atoms with Crippen LogP contribution in [0.3, 0.4) is 0 Å². The van der Waals surface area contributed by atoms with Gasteiger partial charge in [0.2, 0.25) is 0 Å². The Morgan fingerprint density at radius 3 is 2.10 bits per heavy atom. The second-order valence-electron chi connectivity index (χ2n) is 12.0. The Balaban J connectivity index is 1.48. The van der Waals surface area contributed by atoms with Crippen LogP contribution in [-0.2, 0) is 6.61 Å². The Morgan fingerprint density at radius 2 is 1.43 bits per heavy atom. The minimum atomic E-state index is -2.11. The first-order valence-electron chi connectivity index (χ1n) is 14.9. The molecule has 4 aromatic carbocycles. The van der Waals surface area contributed by atoms with Crippen LogP contribution >= 0.6 is 11.8 Å². The maximum absolute atomic E-state index is 9.97. The maximum atomic E-state index is 9.97. The van der Waals surface area contributed by atoms with Gasteiger partial charge in [-0.3, -0.25) is 0 Å². The van der Waals surface area contributed by atoms with Crippen LogP contribution in [0.15, 0.2) is 102 Å². The zero-order chi connectivity index (χ0) is 29.9. The third-order valence-corrected chi connectivity index (χ3v) is 15.7. The van der Waals surface area contributed by atoms with Gasteiger partial charge in [0, 0.05) is 0 Å². The van der Waals surface area contributed by atoms with Gasteiger partial charge in [-0.1, -0.05) is 96.1 Å². The molecule has 0 saturated carbocycles. The second kappa shape index (κ2) is 12.9. The van der Waals surface area contributed by atoms with E-state index in [9.17, 15) is 5.11 Å². The summed E-state index contributed by atoms with van der Waals surface area (Å²) in [5.74, 6) is 2.83. The van der Waals surface area contributed by atoms with Gasteiger partial charge in [0.1, 0.15) is 35.7 Å². The Bertz CT molecular complexity index is 1450. The molecule has 1 heterocycles. The standard InChI is InChI=1S/C36H42O4SSi/c1-24(2)42(25(3)4,26(5)6)40-32-14-10-13-29(21-32)36-35(28-15-17-30(37)18-16-28)39-33-20-19-31(22-34(33)41-36)38-23-27-11-8-7-9-12-27/h7-22,24-26,35-37H,23H2,1-6H3/t35-,36+/m1/s1. The summed E-state index contributed by atoms with van der Waals surface area (Å²) in [6, 6.07) is 32.2. The third kappa shape index (κ3) is 6.35. The molecule has 4 aromatic rings. The highest BCUT2D eigenvalue weighted by Crippen LogP contribution is 2.54. The van der Waals surface area contributed by atoms with Gasteiger partial charge in [-0.05, 0) is 75.8 Å². The van der Waals surface area contributed by atoms with Gasteiger partial charge in [-0.2, -0.15) is 0 Å². The summed E-state index contributed by atoms with van der Waals surface area (Å²) in [4.78, 5) is 1.04. The van der Waals surface area contributed by atoms with Gasteiger partial charge in [-0.15, -0.1) is 11.8 Å². The number of thioether (sulfide) groups is 1. The molecule has 0 fully saturated rings. The lowest BCUT2D eigenvalue weighted by Crippen LogP contribution is -2.50. The Morgan fingerprint density at radius 1 is 0.738 bits per heavy atom. The number of phenols is 1. The van der Waals surface area contributed by atoms with E-state index in [0.717, 1.165) is 38.8 Å². The normalized spacial score (nSPS) is 16.8. The van der Waals surface area contributed by atoms with Crippen molar-refractivity contribution in [3.05, 3.63) is 114 Å². The molecule has 0 bridgehead atoms. The van der Waals surface area contributed by atoms with E-state index >= 15 is 0 Å². The fraction of sp³-hybridized carbons (Fsp3) is 0.333. The van der Waals surface area contributed by atoms with Crippen molar-refractivity contribution in [1.29, 1.82) is 0 Å². The molecule has 1 aliphatic heterocycles. The molecule has 4 nitrogen and oxygen atoms in total.